The molecule has 0 bridgehead atoms. The van der Waals surface area contributed by atoms with Crippen molar-refractivity contribution >= 4 is 5.91 Å². The number of rotatable bonds is 5. The van der Waals surface area contributed by atoms with Gasteiger partial charge in [0.2, 0.25) is 0 Å². The minimum Gasteiger partial charge on any atom is -0.378 e. The summed E-state index contributed by atoms with van der Waals surface area (Å²) in [6, 6.07) is 13.8. The first-order valence-corrected chi connectivity index (χ1v) is 8.54. The lowest BCUT2D eigenvalue weighted by Gasteiger charge is -2.32. The zero-order valence-corrected chi connectivity index (χ0v) is 14.0. The number of carbonyl (C=O) groups excluding carboxylic acids is 1. The lowest BCUT2D eigenvalue weighted by molar-refractivity contribution is 0.00990. The number of carbonyl (C=O) groups is 1. The predicted molar refractivity (Wildman–Crippen MR) is 91.4 cm³/mol. The summed E-state index contributed by atoms with van der Waals surface area (Å²) in [5.74, 6) is -2.53. The summed E-state index contributed by atoms with van der Waals surface area (Å²) < 4.78 is 32.9. The van der Waals surface area contributed by atoms with Crippen LogP contribution in [-0.4, -0.2) is 36.6 Å². The molecule has 0 saturated carbocycles. The van der Waals surface area contributed by atoms with Crippen molar-refractivity contribution in [3.63, 3.8) is 0 Å². The number of hydrogen-bond acceptors (Lipinski definition) is 2. The van der Waals surface area contributed by atoms with Gasteiger partial charge in [-0.15, -0.1) is 0 Å². The molecule has 0 spiro atoms. The summed E-state index contributed by atoms with van der Waals surface area (Å²) in [6.07, 6.45) is 2.37. The minimum atomic E-state index is -1.08. The van der Waals surface area contributed by atoms with E-state index >= 15 is 0 Å². The predicted octanol–water partition coefficient (Wildman–Crippen LogP) is 3.83. The molecule has 2 aromatic rings. The molecule has 0 aromatic heterocycles. The van der Waals surface area contributed by atoms with Crippen molar-refractivity contribution in [2.75, 3.05) is 19.7 Å². The summed E-state index contributed by atoms with van der Waals surface area (Å²) >= 11 is 0. The third-order valence-electron chi connectivity index (χ3n) is 4.50. The molecule has 2 aromatic carbocycles. The van der Waals surface area contributed by atoms with E-state index in [-0.39, 0.29) is 11.7 Å². The standard InChI is InChI=1S/C20H21F2NO2/c21-18-8-4-7-17(19(18)22)20(24)23-12-9-16(10-13-23)25-14-11-15-5-2-1-3-6-15/h1-8,16H,9-14H2. The van der Waals surface area contributed by atoms with Gasteiger partial charge in [-0.05, 0) is 37.0 Å². The number of piperidine rings is 1. The van der Waals surface area contributed by atoms with Gasteiger partial charge in [-0.3, -0.25) is 4.79 Å². The monoisotopic (exact) mass is 345 g/mol. The number of halogens is 2. The topological polar surface area (TPSA) is 29.5 Å². The van der Waals surface area contributed by atoms with Crippen LogP contribution in [0.15, 0.2) is 48.5 Å². The first-order chi connectivity index (χ1) is 12.1. The van der Waals surface area contributed by atoms with E-state index in [9.17, 15) is 13.6 Å². The Hall–Kier alpha value is -2.27. The molecule has 3 nitrogen and oxygen atoms in total. The van der Waals surface area contributed by atoms with Crippen LogP contribution in [0, 0.1) is 11.6 Å². The molecule has 0 aliphatic carbocycles. The van der Waals surface area contributed by atoms with E-state index < -0.39 is 17.5 Å². The third kappa shape index (κ3) is 4.42. The van der Waals surface area contributed by atoms with Gasteiger partial charge in [0, 0.05) is 13.1 Å². The van der Waals surface area contributed by atoms with Crippen molar-refractivity contribution in [2.45, 2.75) is 25.4 Å². The van der Waals surface area contributed by atoms with Crippen molar-refractivity contribution in [2.24, 2.45) is 0 Å². The first kappa shape index (κ1) is 17.5. The maximum absolute atomic E-state index is 13.8. The molecule has 1 aliphatic heterocycles. The maximum atomic E-state index is 13.8. The normalized spacial score (nSPS) is 15.4. The Morgan fingerprint density at radius 3 is 2.48 bits per heavy atom. The first-order valence-electron chi connectivity index (χ1n) is 8.54. The molecule has 0 unspecified atom stereocenters. The molecule has 1 amide bonds. The molecular formula is C20H21F2NO2. The van der Waals surface area contributed by atoms with Crippen LogP contribution in [-0.2, 0) is 11.2 Å². The summed E-state index contributed by atoms with van der Waals surface area (Å²) in [5.41, 5.74) is 1.03. The second kappa shape index (κ2) is 8.21. The Morgan fingerprint density at radius 2 is 1.76 bits per heavy atom. The molecule has 5 heteroatoms. The summed E-state index contributed by atoms with van der Waals surface area (Å²) in [4.78, 5) is 13.9. The Labute approximate surface area is 146 Å². The van der Waals surface area contributed by atoms with Gasteiger partial charge in [0.05, 0.1) is 18.3 Å². The SMILES string of the molecule is O=C(c1cccc(F)c1F)N1CCC(OCCc2ccccc2)CC1. The molecule has 0 atom stereocenters. The van der Waals surface area contributed by atoms with Gasteiger partial charge in [-0.25, -0.2) is 8.78 Å². The van der Waals surface area contributed by atoms with Gasteiger partial charge in [-0.1, -0.05) is 36.4 Å². The van der Waals surface area contributed by atoms with Gasteiger partial charge in [-0.2, -0.15) is 0 Å². The molecule has 25 heavy (non-hydrogen) atoms. The number of ether oxygens (including phenoxy) is 1. The van der Waals surface area contributed by atoms with E-state index in [0.29, 0.717) is 32.5 Å². The van der Waals surface area contributed by atoms with Crippen molar-refractivity contribution in [3.05, 3.63) is 71.3 Å². The van der Waals surface area contributed by atoms with Crippen LogP contribution >= 0.6 is 0 Å². The van der Waals surface area contributed by atoms with E-state index in [1.807, 2.05) is 18.2 Å². The lowest BCUT2D eigenvalue weighted by atomic mass is 10.1. The van der Waals surface area contributed by atoms with Gasteiger partial charge >= 0.3 is 0 Å². The number of likely N-dealkylation sites (tertiary alicyclic amines) is 1. The highest BCUT2D eigenvalue weighted by Gasteiger charge is 2.26. The molecule has 1 aliphatic rings. The average Bonchev–Trinajstić information content (AvgIpc) is 2.65. The van der Waals surface area contributed by atoms with Crippen molar-refractivity contribution in [3.8, 4) is 0 Å². The van der Waals surface area contributed by atoms with E-state index in [1.165, 1.54) is 17.7 Å². The number of hydrogen-bond donors (Lipinski definition) is 0. The highest BCUT2D eigenvalue weighted by molar-refractivity contribution is 5.94. The zero-order valence-electron chi connectivity index (χ0n) is 14.0. The lowest BCUT2D eigenvalue weighted by Crippen LogP contribution is -2.41. The highest BCUT2D eigenvalue weighted by atomic mass is 19.2. The van der Waals surface area contributed by atoms with Crippen LogP contribution < -0.4 is 0 Å². The van der Waals surface area contributed by atoms with Crippen molar-refractivity contribution < 1.29 is 18.3 Å². The van der Waals surface area contributed by atoms with Crippen LogP contribution in [0.4, 0.5) is 8.78 Å². The van der Waals surface area contributed by atoms with E-state index in [1.54, 1.807) is 4.90 Å². The Bertz CT molecular complexity index is 713. The molecule has 1 fully saturated rings. The fourth-order valence-corrected chi connectivity index (χ4v) is 3.05. The number of benzene rings is 2. The molecule has 132 valence electrons. The Balaban J connectivity index is 1.47. The molecule has 1 heterocycles. The fourth-order valence-electron chi connectivity index (χ4n) is 3.05. The highest BCUT2D eigenvalue weighted by Crippen LogP contribution is 2.19. The van der Waals surface area contributed by atoms with E-state index in [4.69, 9.17) is 4.74 Å². The number of amides is 1. The molecule has 0 N–H and O–H groups in total. The molecular weight excluding hydrogens is 324 g/mol. The average molecular weight is 345 g/mol. The summed E-state index contributed by atoms with van der Waals surface area (Å²) in [5, 5.41) is 0. The van der Waals surface area contributed by atoms with E-state index in [0.717, 1.165) is 12.5 Å². The number of nitrogens with zero attached hydrogens (tertiary/aromatic N) is 1. The fraction of sp³-hybridized carbons (Fsp3) is 0.350. The van der Waals surface area contributed by atoms with E-state index in [2.05, 4.69) is 12.1 Å². The van der Waals surface area contributed by atoms with Crippen LogP contribution in [0.5, 0.6) is 0 Å². The molecule has 3 rings (SSSR count). The zero-order chi connectivity index (χ0) is 17.6. The van der Waals surface area contributed by atoms with Crippen molar-refractivity contribution in [1.82, 2.24) is 4.90 Å². The van der Waals surface area contributed by atoms with Crippen LogP contribution in [0.1, 0.15) is 28.8 Å². The smallest absolute Gasteiger partial charge is 0.256 e. The summed E-state index contributed by atoms with van der Waals surface area (Å²) in [7, 11) is 0. The molecule has 1 saturated heterocycles. The van der Waals surface area contributed by atoms with Gasteiger partial charge < -0.3 is 9.64 Å². The third-order valence-corrected chi connectivity index (χ3v) is 4.50. The quantitative estimate of drug-likeness (QED) is 0.824. The Kier molecular flexibility index (Phi) is 5.76. The van der Waals surface area contributed by atoms with Crippen molar-refractivity contribution in [1.29, 1.82) is 0 Å². The van der Waals surface area contributed by atoms with Crippen LogP contribution in [0.3, 0.4) is 0 Å². The largest absolute Gasteiger partial charge is 0.378 e. The van der Waals surface area contributed by atoms with Gasteiger partial charge in [0.25, 0.3) is 5.91 Å². The second-order valence-electron chi connectivity index (χ2n) is 6.20. The van der Waals surface area contributed by atoms with Crippen LogP contribution in [0.2, 0.25) is 0 Å². The van der Waals surface area contributed by atoms with Gasteiger partial charge in [0.15, 0.2) is 11.6 Å². The van der Waals surface area contributed by atoms with Crippen LogP contribution in [0.25, 0.3) is 0 Å². The molecule has 0 radical (unpaired) electrons. The second-order valence-corrected chi connectivity index (χ2v) is 6.20. The van der Waals surface area contributed by atoms with Gasteiger partial charge in [0.1, 0.15) is 0 Å². The minimum absolute atomic E-state index is 0.102. The Morgan fingerprint density at radius 1 is 1.04 bits per heavy atom. The summed E-state index contributed by atoms with van der Waals surface area (Å²) in [6.45, 7) is 1.62. The maximum Gasteiger partial charge on any atom is 0.256 e.